The van der Waals surface area contributed by atoms with Crippen LogP contribution in [-0.2, 0) is 39.0 Å². The Labute approximate surface area is 376 Å². The summed E-state index contributed by atoms with van der Waals surface area (Å²) >= 11 is 3.14. The number of epoxide rings is 1. The van der Waals surface area contributed by atoms with E-state index in [2.05, 4.69) is 14.1 Å². The van der Waals surface area contributed by atoms with Crippen molar-refractivity contribution >= 4 is 57.3 Å². The van der Waals surface area contributed by atoms with Gasteiger partial charge in [-0.15, -0.1) is 22.7 Å². The number of ketones is 1. The molecule has 2 bridgehead atoms. The Bertz CT molecular complexity index is 2050. The number of hydrogen-bond donors (Lipinski definition) is 2. The number of allylic oxidation sites excluding steroid dienone is 4. The third kappa shape index (κ3) is 6.74. The first-order chi connectivity index (χ1) is 28.2. The zero-order chi connectivity index (χ0) is 43.4. The number of carbonyl (C=O) groups excluding carboxylic acids is 4. The van der Waals surface area contributed by atoms with Gasteiger partial charge in [0.15, 0.2) is 17.1 Å². The Kier molecular flexibility index (Phi) is 12.4. The fourth-order valence-electron chi connectivity index (χ4n) is 12.5. The Morgan fingerprint density at radius 1 is 1.03 bits per heavy atom. The summed E-state index contributed by atoms with van der Waals surface area (Å²) in [5.41, 5.74) is -8.56. The highest BCUT2D eigenvalue weighted by atomic mass is 79.9. The maximum atomic E-state index is 17.2. The predicted octanol–water partition coefficient (Wildman–Crippen LogP) is 3.78. The molecule has 14 atom stereocenters. The molecule has 3 saturated heterocycles. The molecule has 334 valence electrons. The monoisotopic (exact) mass is 971 g/mol. The molecule has 10 nitrogen and oxygen atoms in total. The molecule has 3 saturated carbocycles. The van der Waals surface area contributed by atoms with Crippen molar-refractivity contribution in [3.63, 3.8) is 0 Å². The number of quaternary nitrogens is 1. The van der Waals surface area contributed by atoms with Crippen molar-refractivity contribution in [2.75, 3.05) is 20.1 Å². The minimum absolute atomic E-state index is 0. The number of thioether (sulfide) groups is 1. The highest BCUT2D eigenvalue weighted by Crippen LogP contribution is 2.72. The van der Waals surface area contributed by atoms with E-state index in [9.17, 15) is 33.8 Å². The van der Waals surface area contributed by atoms with Crippen molar-refractivity contribution in [1.29, 1.82) is 0 Å². The molecule has 9 rings (SSSR count). The van der Waals surface area contributed by atoms with E-state index in [0.717, 1.165) is 23.4 Å². The Morgan fingerprint density at radius 3 is 2.18 bits per heavy atom. The second kappa shape index (κ2) is 16.2. The Morgan fingerprint density at radius 2 is 1.64 bits per heavy atom. The zero-order valence-electron chi connectivity index (χ0n) is 34.9. The molecule has 0 aromatic carbocycles. The summed E-state index contributed by atoms with van der Waals surface area (Å²) < 4.78 is 64.5. The second-order valence-corrected chi connectivity index (χ2v) is 21.4. The van der Waals surface area contributed by atoms with Gasteiger partial charge in [0.05, 0.1) is 30.0 Å². The highest BCUT2D eigenvalue weighted by Gasteiger charge is 2.78. The van der Waals surface area contributed by atoms with E-state index in [0.29, 0.717) is 45.8 Å². The summed E-state index contributed by atoms with van der Waals surface area (Å²) in [4.78, 5) is 52.1. The number of hydrogen-bond acceptors (Lipinski definition) is 12. The Hall–Kier alpha value is -2.38. The van der Waals surface area contributed by atoms with Crippen LogP contribution in [-0.4, -0.2) is 112 Å². The highest BCUT2D eigenvalue weighted by molar-refractivity contribution is 8.13. The number of aliphatic hydroxyl groups excluding tert-OH is 1. The van der Waals surface area contributed by atoms with Crippen molar-refractivity contribution in [3.05, 3.63) is 68.6 Å². The summed E-state index contributed by atoms with van der Waals surface area (Å²) in [6.45, 7) is 6.45. The molecule has 2 aromatic heterocycles. The summed E-state index contributed by atoms with van der Waals surface area (Å²) in [5.74, 6) is -3.86. The largest absolute Gasteiger partial charge is 1.00 e. The van der Waals surface area contributed by atoms with Gasteiger partial charge in [-0.05, 0) is 84.5 Å². The first-order valence-electron chi connectivity index (χ1n) is 20.7. The second-order valence-electron chi connectivity index (χ2n) is 18.6. The topological polar surface area (TPSA) is 140 Å². The molecule has 3 unspecified atom stereocenters. The van der Waals surface area contributed by atoms with Crippen LogP contribution in [0.25, 0.3) is 0 Å². The van der Waals surface area contributed by atoms with Gasteiger partial charge in [-0.1, -0.05) is 39.0 Å². The molecule has 4 aliphatic carbocycles. The number of halogens is 4. The molecule has 0 amide bonds. The number of nitrogens with zero attached hydrogens (tertiary/aromatic N) is 1. The molecular formula is C44H53BrF3NO9S3. The lowest BCUT2D eigenvalue weighted by molar-refractivity contribution is -0.938. The number of likely N-dealkylation sites (N-methyl/N-ethyl adjacent to an activating group) is 1. The SMILES string of the molecule is CCC(=O)O[C@]1(C(=O)SCF)[C@H](C)C[C@H]2[C@@H]3C[C@H](F)C4=CC(=O)C=C[C@]4(C)[C@@]3(F)[C@@H](O)C[C@@]21C.C[N+]1(C)C2CC(OC(=O)C(O)(c3cccs3)c3cccs3)CC1[C@@H]1O[C@H]21.[Br-]. The number of fused-ring (bicyclic) bond motifs is 10. The molecule has 61 heavy (non-hydrogen) atoms. The number of aliphatic hydroxyl groups is 2. The average Bonchev–Trinajstić information content (AvgIpc) is 3.50. The minimum Gasteiger partial charge on any atom is -1.00 e. The quantitative estimate of drug-likeness (QED) is 0.229. The third-order valence-electron chi connectivity index (χ3n) is 15.6. The number of piperidine rings is 1. The van der Waals surface area contributed by atoms with Crippen LogP contribution in [0.4, 0.5) is 13.2 Å². The lowest BCUT2D eigenvalue weighted by Crippen LogP contribution is -3.00. The molecule has 7 aliphatic rings. The van der Waals surface area contributed by atoms with Crippen molar-refractivity contribution in [2.24, 2.45) is 28.6 Å². The van der Waals surface area contributed by atoms with Gasteiger partial charge in [0, 0.05) is 41.9 Å². The standard InChI is InChI=1S/C25H31F3O5S.C19H22NO4S2.BrH/c1-5-20(31)33-25(21(32)34-12-26)13(2)8-15-16-10-18(27)17-9-14(29)6-7-22(17,3)24(16,28)19(30)11-23(15,25)4;1-20(2)12-9-11(10-13(20)17-16(12)24-17)23-18(21)19(22,14-5-3-7-25-14)15-6-4-8-26-15;/h6-7,9,13,15-16,18-19,30H,5,8,10-12H2,1-4H3;3-8,11-13,16-17,22H,9-10H2,1-2H3;1H/q;+1;/p-1/t13-,15+,16+,18+,19+,22+,23+,24+,25+;11?,12?,13?,16-,17+;/m1../s1. The van der Waals surface area contributed by atoms with Gasteiger partial charge in [-0.25, -0.2) is 18.0 Å². The van der Waals surface area contributed by atoms with Gasteiger partial charge < -0.3 is 45.9 Å². The number of esters is 2. The van der Waals surface area contributed by atoms with E-state index in [1.54, 1.807) is 32.9 Å². The molecule has 2 aromatic rings. The minimum atomic E-state index is -2.30. The Balaban J connectivity index is 0.000000187. The maximum absolute atomic E-state index is 17.2. The van der Waals surface area contributed by atoms with E-state index < -0.39 is 86.6 Å². The molecule has 2 N–H and O–H groups in total. The third-order valence-corrected chi connectivity index (χ3v) is 18.2. The first-order valence-corrected chi connectivity index (χ1v) is 23.4. The normalized spacial score (nSPS) is 41.0. The van der Waals surface area contributed by atoms with Crippen LogP contribution >= 0.6 is 34.4 Å². The molecule has 0 radical (unpaired) electrons. The van der Waals surface area contributed by atoms with E-state index in [1.807, 2.05) is 22.9 Å². The lowest BCUT2D eigenvalue weighted by Gasteiger charge is -2.63. The van der Waals surface area contributed by atoms with Crippen molar-refractivity contribution in [3.8, 4) is 0 Å². The predicted molar refractivity (Wildman–Crippen MR) is 220 cm³/mol. The van der Waals surface area contributed by atoms with Gasteiger partial charge in [0.1, 0.15) is 42.6 Å². The van der Waals surface area contributed by atoms with Gasteiger partial charge in [0.2, 0.25) is 10.7 Å². The van der Waals surface area contributed by atoms with Crippen molar-refractivity contribution < 1.29 is 78.2 Å². The van der Waals surface area contributed by atoms with E-state index in [4.69, 9.17) is 14.2 Å². The fourth-order valence-corrected chi connectivity index (χ4v) is 15.0. The van der Waals surface area contributed by atoms with Crippen molar-refractivity contribution in [2.45, 2.75) is 126 Å². The van der Waals surface area contributed by atoms with Gasteiger partial charge in [0.25, 0.3) is 0 Å². The van der Waals surface area contributed by atoms with Crippen LogP contribution in [0.2, 0.25) is 0 Å². The van der Waals surface area contributed by atoms with Gasteiger partial charge in [-0.2, -0.15) is 0 Å². The smallest absolute Gasteiger partial charge is 0.349 e. The summed E-state index contributed by atoms with van der Waals surface area (Å²) in [7, 11) is 4.49. The van der Waals surface area contributed by atoms with Gasteiger partial charge in [-0.3, -0.25) is 14.4 Å². The fraction of sp³-hybridized carbons (Fsp3) is 0.636. The number of morpholine rings is 1. The summed E-state index contributed by atoms with van der Waals surface area (Å²) in [6.07, 6.45) is 2.21. The van der Waals surface area contributed by atoms with Crippen LogP contribution in [0, 0.1) is 28.6 Å². The number of alkyl halides is 3. The number of carbonyl (C=O) groups is 4. The molecule has 17 heteroatoms. The van der Waals surface area contributed by atoms with E-state index in [1.165, 1.54) is 41.7 Å². The first kappa shape index (κ1) is 46.6. The number of thiophene rings is 2. The van der Waals surface area contributed by atoms with Crippen LogP contribution in [0.3, 0.4) is 0 Å². The van der Waals surface area contributed by atoms with Crippen molar-refractivity contribution in [1.82, 2.24) is 0 Å². The number of ether oxygens (including phenoxy) is 3. The van der Waals surface area contributed by atoms with Crippen LogP contribution in [0.5, 0.6) is 0 Å². The maximum Gasteiger partial charge on any atom is 0.349 e. The average molecular weight is 973 g/mol. The molecule has 6 fully saturated rings. The molecule has 5 heterocycles. The number of rotatable bonds is 8. The molecular weight excluding hydrogens is 920 g/mol. The summed E-state index contributed by atoms with van der Waals surface area (Å²) in [6, 6.07) is 6.99. The lowest BCUT2D eigenvalue weighted by atomic mass is 9.44. The summed E-state index contributed by atoms with van der Waals surface area (Å²) in [5, 5.41) is 25.8. The van der Waals surface area contributed by atoms with Crippen LogP contribution in [0.15, 0.2) is 58.8 Å². The van der Waals surface area contributed by atoms with E-state index in [-0.39, 0.29) is 54.3 Å². The van der Waals surface area contributed by atoms with E-state index >= 15 is 8.78 Å². The molecule has 0 spiro atoms. The zero-order valence-corrected chi connectivity index (χ0v) is 38.9. The van der Waals surface area contributed by atoms with Gasteiger partial charge >= 0.3 is 11.9 Å². The van der Waals surface area contributed by atoms with Crippen LogP contribution < -0.4 is 17.0 Å². The molecule has 3 aliphatic heterocycles. The van der Waals surface area contributed by atoms with Crippen LogP contribution in [0.1, 0.15) is 76.0 Å².